The van der Waals surface area contributed by atoms with Crippen molar-refractivity contribution in [3.63, 3.8) is 0 Å². The zero-order valence-electron chi connectivity index (χ0n) is 15.8. The smallest absolute Gasteiger partial charge is 0.243 e. The first-order valence-electron chi connectivity index (χ1n) is 9.47. The van der Waals surface area contributed by atoms with Crippen molar-refractivity contribution in [1.82, 2.24) is 4.31 Å². The molecular formula is C21H22FN3O3S. The molecule has 0 bridgehead atoms. The normalized spacial score (nSPS) is 15.1. The van der Waals surface area contributed by atoms with Gasteiger partial charge in [-0.3, -0.25) is 4.79 Å². The van der Waals surface area contributed by atoms with E-state index in [0.29, 0.717) is 24.1 Å². The number of nitrogens with zero attached hydrogens (tertiary/aromatic N) is 2. The summed E-state index contributed by atoms with van der Waals surface area (Å²) in [5.41, 5.74) is 0.822. The molecule has 0 atom stereocenters. The SMILES string of the molecule is N#Cc1cccc(NC(=O)CN(C2CCCCC2)S(=O)(=O)c2ccc(F)cc2)c1. The average Bonchev–Trinajstić information content (AvgIpc) is 2.73. The van der Waals surface area contributed by atoms with Crippen LogP contribution in [0.4, 0.5) is 10.1 Å². The summed E-state index contributed by atoms with van der Waals surface area (Å²) in [5, 5.41) is 11.6. The summed E-state index contributed by atoms with van der Waals surface area (Å²) in [6.45, 7) is -0.346. The lowest BCUT2D eigenvalue weighted by atomic mass is 9.95. The third-order valence-corrected chi connectivity index (χ3v) is 6.89. The summed E-state index contributed by atoms with van der Waals surface area (Å²) in [4.78, 5) is 12.6. The van der Waals surface area contributed by atoms with Crippen molar-refractivity contribution in [2.45, 2.75) is 43.0 Å². The minimum Gasteiger partial charge on any atom is -0.325 e. The van der Waals surface area contributed by atoms with Crippen molar-refractivity contribution in [3.05, 3.63) is 59.9 Å². The summed E-state index contributed by atoms with van der Waals surface area (Å²) >= 11 is 0. The molecule has 1 aliphatic rings. The van der Waals surface area contributed by atoms with Crippen molar-refractivity contribution in [2.75, 3.05) is 11.9 Å². The van der Waals surface area contributed by atoms with E-state index < -0.39 is 21.7 Å². The van der Waals surface area contributed by atoms with Crippen LogP contribution >= 0.6 is 0 Å². The first kappa shape index (κ1) is 21.0. The molecule has 0 aromatic heterocycles. The molecular weight excluding hydrogens is 393 g/mol. The molecule has 1 N–H and O–H groups in total. The van der Waals surface area contributed by atoms with Gasteiger partial charge in [-0.1, -0.05) is 25.3 Å². The lowest BCUT2D eigenvalue weighted by molar-refractivity contribution is -0.116. The Labute approximate surface area is 170 Å². The maximum absolute atomic E-state index is 13.2. The topological polar surface area (TPSA) is 90.3 Å². The van der Waals surface area contributed by atoms with Crippen LogP contribution in [-0.4, -0.2) is 31.2 Å². The summed E-state index contributed by atoms with van der Waals surface area (Å²) in [5.74, 6) is -1.01. The minimum absolute atomic E-state index is 0.0382. The molecule has 1 saturated carbocycles. The number of sulfonamides is 1. The molecule has 1 fully saturated rings. The number of hydrogen-bond acceptors (Lipinski definition) is 4. The van der Waals surface area contributed by atoms with Gasteiger partial charge in [-0.25, -0.2) is 12.8 Å². The Morgan fingerprint density at radius 3 is 2.48 bits per heavy atom. The fourth-order valence-corrected chi connectivity index (χ4v) is 5.17. The zero-order chi connectivity index (χ0) is 20.9. The Kier molecular flexibility index (Phi) is 6.62. The van der Waals surface area contributed by atoms with Gasteiger partial charge >= 0.3 is 0 Å². The molecule has 0 unspecified atom stereocenters. The molecule has 2 aromatic rings. The summed E-state index contributed by atoms with van der Waals surface area (Å²) in [7, 11) is -3.96. The molecule has 2 aromatic carbocycles. The second-order valence-corrected chi connectivity index (χ2v) is 8.93. The molecule has 6 nitrogen and oxygen atoms in total. The van der Waals surface area contributed by atoms with Crippen LogP contribution in [0, 0.1) is 17.1 Å². The predicted molar refractivity (Wildman–Crippen MR) is 107 cm³/mol. The molecule has 0 heterocycles. The van der Waals surface area contributed by atoms with Crippen molar-refractivity contribution < 1.29 is 17.6 Å². The molecule has 0 spiro atoms. The van der Waals surface area contributed by atoms with E-state index in [-0.39, 0.29) is 17.5 Å². The number of carbonyl (C=O) groups excluding carboxylic acids is 1. The summed E-state index contributed by atoms with van der Waals surface area (Å²) < 4.78 is 40.9. The van der Waals surface area contributed by atoms with Crippen LogP contribution in [0.2, 0.25) is 0 Å². The van der Waals surface area contributed by atoms with Crippen LogP contribution in [0.25, 0.3) is 0 Å². The van der Waals surface area contributed by atoms with Gasteiger partial charge in [0.25, 0.3) is 0 Å². The largest absolute Gasteiger partial charge is 0.325 e. The van der Waals surface area contributed by atoms with E-state index in [0.717, 1.165) is 31.4 Å². The number of rotatable bonds is 6. The van der Waals surface area contributed by atoms with Gasteiger partial charge in [0.05, 0.1) is 23.1 Å². The van der Waals surface area contributed by atoms with Gasteiger partial charge in [0.15, 0.2) is 0 Å². The third kappa shape index (κ3) is 5.19. The molecule has 1 amide bonds. The number of hydrogen-bond donors (Lipinski definition) is 1. The first-order valence-corrected chi connectivity index (χ1v) is 10.9. The second-order valence-electron chi connectivity index (χ2n) is 7.04. The molecule has 0 saturated heterocycles. The zero-order valence-corrected chi connectivity index (χ0v) is 16.7. The van der Waals surface area contributed by atoms with Gasteiger partial charge in [-0.15, -0.1) is 0 Å². The third-order valence-electron chi connectivity index (χ3n) is 4.98. The van der Waals surface area contributed by atoms with Crippen LogP contribution in [-0.2, 0) is 14.8 Å². The van der Waals surface area contributed by atoms with E-state index in [1.54, 1.807) is 18.2 Å². The Hall–Kier alpha value is -2.76. The first-order chi connectivity index (χ1) is 13.9. The molecule has 0 radical (unpaired) electrons. The minimum atomic E-state index is -3.96. The van der Waals surface area contributed by atoms with Gasteiger partial charge < -0.3 is 5.32 Å². The highest BCUT2D eigenvalue weighted by Crippen LogP contribution is 2.28. The number of benzene rings is 2. The number of nitriles is 1. The lowest BCUT2D eigenvalue weighted by Gasteiger charge is -2.33. The Morgan fingerprint density at radius 2 is 1.83 bits per heavy atom. The monoisotopic (exact) mass is 415 g/mol. The van der Waals surface area contributed by atoms with Crippen LogP contribution in [0.5, 0.6) is 0 Å². The summed E-state index contributed by atoms with van der Waals surface area (Å²) in [6, 6.07) is 12.8. The van der Waals surface area contributed by atoms with Gasteiger partial charge in [-0.2, -0.15) is 9.57 Å². The number of anilines is 1. The highest BCUT2D eigenvalue weighted by atomic mass is 32.2. The Bertz CT molecular complexity index is 1010. The van der Waals surface area contributed by atoms with E-state index >= 15 is 0 Å². The van der Waals surface area contributed by atoms with Crippen LogP contribution in [0.3, 0.4) is 0 Å². The van der Waals surface area contributed by atoms with Gasteiger partial charge in [0.2, 0.25) is 15.9 Å². The number of amides is 1. The highest BCUT2D eigenvalue weighted by Gasteiger charge is 2.34. The number of nitrogens with one attached hydrogen (secondary N) is 1. The molecule has 29 heavy (non-hydrogen) atoms. The Balaban J connectivity index is 1.84. The molecule has 1 aliphatic carbocycles. The van der Waals surface area contributed by atoms with Crippen LogP contribution in [0.15, 0.2) is 53.4 Å². The molecule has 0 aliphatic heterocycles. The van der Waals surface area contributed by atoms with E-state index in [2.05, 4.69) is 5.32 Å². The Morgan fingerprint density at radius 1 is 1.14 bits per heavy atom. The predicted octanol–water partition coefficient (Wildman–Crippen LogP) is 3.66. The maximum Gasteiger partial charge on any atom is 0.243 e. The van der Waals surface area contributed by atoms with Gasteiger partial charge in [0.1, 0.15) is 5.82 Å². The van der Waals surface area contributed by atoms with Crippen molar-refractivity contribution in [2.24, 2.45) is 0 Å². The fraction of sp³-hybridized carbons (Fsp3) is 0.333. The number of carbonyl (C=O) groups is 1. The standard InChI is InChI=1S/C21H22FN3O3S/c22-17-9-11-20(12-10-17)29(27,28)25(19-7-2-1-3-8-19)15-21(26)24-18-6-4-5-16(13-18)14-23/h4-6,9-13,19H,1-3,7-8,15H2,(H,24,26). The quantitative estimate of drug-likeness (QED) is 0.780. The maximum atomic E-state index is 13.2. The van der Waals surface area contributed by atoms with Crippen LogP contribution in [0.1, 0.15) is 37.7 Å². The van der Waals surface area contributed by atoms with Crippen molar-refractivity contribution in [3.8, 4) is 6.07 Å². The van der Waals surface area contributed by atoms with Crippen LogP contribution < -0.4 is 5.32 Å². The highest BCUT2D eigenvalue weighted by molar-refractivity contribution is 7.89. The van der Waals surface area contributed by atoms with E-state index in [1.165, 1.54) is 22.5 Å². The molecule has 8 heteroatoms. The molecule has 152 valence electrons. The van der Waals surface area contributed by atoms with E-state index in [9.17, 15) is 17.6 Å². The fourth-order valence-electron chi connectivity index (χ4n) is 3.53. The second kappa shape index (κ2) is 9.16. The van der Waals surface area contributed by atoms with Crippen molar-refractivity contribution in [1.29, 1.82) is 5.26 Å². The number of halogens is 1. The average molecular weight is 415 g/mol. The van der Waals surface area contributed by atoms with Crippen molar-refractivity contribution >= 4 is 21.6 Å². The van der Waals surface area contributed by atoms with Gasteiger partial charge in [0, 0.05) is 11.7 Å². The summed E-state index contributed by atoms with van der Waals surface area (Å²) in [6.07, 6.45) is 4.18. The molecule has 3 rings (SSSR count). The lowest BCUT2D eigenvalue weighted by Crippen LogP contribution is -2.45. The van der Waals surface area contributed by atoms with E-state index in [1.807, 2.05) is 6.07 Å². The van der Waals surface area contributed by atoms with Gasteiger partial charge in [-0.05, 0) is 55.3 Å². The van der Waals surface area contributed by atoms with E-state index in [4.69, 9.17) is 5.26 Å².